The molecule has 2 rings (SSSR count). The van der Waals surface area contributed by atoms with E-state index in [0.29, 0.717) is 17.7 Å². The van der Waals surface area contributed by atoms with Crippen LogP contribution in [0, 0.1) is 24.1 Å². The van der Waals surface area contributed by atoms with Crippen molar-refractivity contribution < 1.29 is 4.39 Å². The molecule has 0 aliphatic heterocycles. The molecule has 18 heavy (non-hydrogen) atoms. The van der Waals surface area contributed by atoms with Crippen molar-refractivity contribution in [3.05, 3.63) is 47.0 Å². The molecule has 4 nitrogen and oxygen atoms in total. The molecule has 0 saturated carbocycles. The Balaban J connectivity index is 2.18. The van der Waals surface area contributed by atoms with Crippen LogP contribution in [0.1, 0.15) is 16.8 Å². The van der Waals surface area contributed by atoms with Gasteiger partial charge in [-0.1, -0.05) is 0 Å². The molecule has 0 spiro atoms. The third-order valence-electron chi connectivity index (χ3n) is 2.67. The lowest BCUT2D eigenvalue weighted by molar-refractivity contribution is 0.625. The van der Waals surface area contributed by atoms with Crippen LogP contribution in [0.3, 0.4) is 0 Å². The van der Waals surface area contributed by atoms with E-state index in [1.165, 1.54) is 18.2 Å². The first kappa shape index (κ1) is 12.1. The van der Waals surface area contributed by atoms with Crippen molar-refractivity contribution in [2.75, 3.05) is 5.32 Å². The van der Waals surface area contributed by atoms with Crippen LogP contribution in [0.4, 0.5) is 10.1 Å². The quantitative estimate of drug-likeness (QED) is 0.901. The van der Waals surface area contributed by atoms with Crippen molar-refractivity contribution in [1.29, 1.82) is 5.26 Å². The zero-order chi connectivity index (χ0) is 13.1. The highest BCUT2D eigenvalue weighted by Crippen LogP contribution is 2.16. The van der Waals surface area contributed by atoms with E-state index < -0.39 is 0 Å². The second-order valence-corrected chi connectivity index (χ2v) is 4.07. The van der Waals surface area contributed by atoms with Crippen molar-refractivity contribution in [3.8, 4) is 6.07 Å². The predicted octanol–water partition coefficient (Wildman–Crippen LogP) is 2.35. The maximum atomic E-state index is 13.1. The van der Waals surface area contributed by atoms with Gasteiger partial charge < -0.3 is 5.32 Å². The van der Waals surface area contributed by atoms with Crippen LogP contribution >= 0.6 is 0 Å². The minimum atomic E-state index is -0.339. The lowest BCUT2D eigenvalue weighted by atomic mass is 10.1. The van der Waals surface area contributed by atoms with Crippen molar-refractivity contribution >= 4 is 5.69 Å². The summed E-state index contributed by atoms with van der Waals surface area (Å²) < 4.78 is 14.8. The number of hydrogen-bond donors (Lipinski definition) is 1. The molecule has 1 N–H and O–H groups in total. The fourth-order valence-electron chi connectivity index (χ4n) is 1.78. The van der Waals surface area contributed by atoms with E-state index in [9.17, 15) is 4.39 Å². The fourth-order valence-corrected chi connectivity index (χ4v) is 1.78. The molecule has 0 bridgehead atoms. The molecule has 0 aliphatic rings. The number of nitrogens with one attached hydrogen (secondary N) is 1. The summed E-state index contributed by atoms with van der Waals surface area (Å²) in [5.74, 6) is -0.339. The van der Waals surface area contributed by atoms with Gasteiger partial charge in [-0.25, -0.2) is 4.39 Å². The lowest BCUT2D eigenvalue weighted by Crippen LogP contribution is -2.02. The minimum Gasteiger partial charge on any atom is -0.378 e. The molecule has 0 amide bonds. The molecular weight excluding hydrogens is 231 g/mol. The van der Waals surface area contributed by atoms with Crippen molar-refractivity contribution in [2.45, 2.75) is 13.5 Å². The Morgan fingerprint density at radius 1 is 1.50 bits per heavy atom. The van der Waals surface area contributed by atoms with E-state index in [2.05, 4.69) is 16.5 Å². The van der Waals surface area contributed by atoms with Crippen LogP contribution in [0.2, 0.25) is 0 Å². The molecule has 0 unspecified atom stereocenters. The van der Waals surface area contributed by atoms with Gasteiger partial charge >= 0.3 is 0 Å². The number of benzene rings is 1. The van der Waals surface area contributed by atoms with Gasteiger partial charge in [0.15, 0.2) is 0 Å². The smallest absolute Gasteiger partial charge is 0.123 e. The summed E-state index contributed by atoms with van der Waals surface area (Å²) in [7, 11) is 1.83. The molecule has 92 valence electrons. The first-order chi connectivity index (χ1) is 8.60. The molecule has 0 atom stereocenters. The molecule has 5 heteroatoms. The second-order valence-electron chi connectivity index (χ2n) is 4.07. The van der Waals surface area contributed by atoms with Crippen LogP contribution in [-0.4, -0.2) is 9.78 Å². The number of aromatic nitrogens is 2. The highest BCUT2D eigenvalue weighted by atomic mass is 19.1. The number of nitrogens with zero attached hydrogens (tertiary/aromatic N) is 3. The summed E-state index contributed by atoms with van der Waals surface area (Å²) in [6.07, 6.45) is 1.85. The van der Waals surface area contributed by atoms with E-state index in [4.69, 9.17) is 5.26 Å². The van der Waals surface area contributed by atoms with Gasteiger partial charge in [-0.3, -0.25) is 4.68 Å². The Morgan fingerprint density at radius 3 is 2.89 bits per heavy atom. The Labute approximate surface area is 105 Å². The van der Waals surface area contributed by atoms with Crippen LogP contribution in [0.5, 0.6) is 0 Å². The number of hydrogen-bond acceptors (Lipinski definition) is 3. The maximum absolute atomic E-state index is 13.1. The third kappa shape index (κ3) is 2.48. The number of nitriles is 1. The summed E-state index contributed by atoms with van der Waals surface area (Å²) in [6.45, 7) is 2.28. The second kappa shape index (κ2) is 4.88. The maximum Gasteiger partial charge on any atom is 0.123 e. The molecule has 0 aliphatic carbocycles. The van der Waals surface area contributed by atoms with Crippen molar-refractivity contribution in [3.63, 3.8) is 0 Å². The van der Waals surface area contributed by atoms with Gasteiger partial charge in [-0.05, 0) is 30.7 Å². The number of anilines is 1. The SMILES string of the molecule is Cc1nn(C)cc1NCc1cc(F)ccc1C#N. The van der Waals surface area contributed by atoms with Gasteiger partial charge in [0.1, 0.15) is 5.82 Å². The van der Waals surface area contributed by atoms with Crippen molar-refractivity contribution in [2.24, 2.45) is 7.05 Å². The average molecular weight is 244 g/mol. The molecule has 0 saturated heterocycles. The van der Waals surface area contributed by atoms with Gasteiger partial charge in [0.25, 0.3) is 0 Å². The van der Waals surface area contributed by atoms with Crippen LogP contribution < -0.4 is 5.32 Å². The van der Waals surface area contributed by atoms with Crippen LogP contribution in [0.25, 0.3) is 0 Å². The Morgan fingerprint density at radius 2 is 2.28 bits per heavy atom. The Kier molecular flexibility index (Phi) is 3.28. The van der Waals surface area contributed by atoms with Crippen molar-refractivity contribution in [1.82, 2.24) is 9.78 Å². The summed E-state index contributed by atoms with van der Waals surface area (Å²) in [6, 6.07) is 6.20. The van der Waals surface area contributed by atoms with Gasteiger partial charge in [-0.15, -0.1) is 0 Å². The first-order valence-electron chi connectivity index (χ1n) is 5.53. The van der Waals surface area contributed by atoms with E-state index in [0.717, 1.165) is 11.4 Å². The highest BCUT2D eigenvalue weighted by molar-refractivity contribution is 5.47. The Hall–Kier alpha value is -2.35. The number of rotatable bonds is 3. The van der Waals surface area contributed by atoms with E-state index in [1.807, 2.05) is 20.2 Å². The van der Waals surface area contributed by atoms with E-state index in [1.54, 1.807) is 4.68 Å². The van der Waals surface area contributed by atoms with E-state index >= 15 is 0 Å². The minimum absolute atomic E-state index is 0.339. The molecule has 1 aromatic carbocycles. The molecule has 1 aromatic heterocycles. The first-order valence-corrected chi connectivity index (χ1v) is 5.53. The fraction of sp³-hybridized carbons (Fsp3) is 0.231. The largest absolute Gasteiger partial charge is 0.378 e. The summed E-state index contributed by atoms with van der Waals surface area (Å²) in [4.78, 5) is 0. The third-order valence-corrected chi connectivity index (χ3v) is 2.67. The lowest BCUT2D eigenvalue weighted by Gasteiger charge is -2.06. The number of aryl methyl sites for hydroxylation is 2. The molecule has 0 radical (unpaired) electrons. The molecular formula is C13H13FN4. The van der Waals surface area contributed by atoms with Gasteiger partial charge in [-0.2, -0.15) is 10.4 Å². The van der Waals surface area contributed by atoms with Crippen LogP contribution in [-0.2, 0) is 13.6 Å². The summed E-state index contributed by atoms with van der Waals surface area (Å²) >= 11 is 0. The van der Waals surface area contributed by atoms with Crippen LogP contribution in [0.15, 0.2) is 24.4 Å². The summed E-state index contributed by atoms with van der Waals surface area (Å²) in [5, 5.41) is 16.3. The summed E-state index contributed by atoms with van der Waals surface area (Å²) in [5.41, 5.74) is 2.87. The molecule has 1 heterocycles. The van der Waals surface area contributed by atoms with Gasteiger partial charge in [0.05, 0.1) is 23.0 Å². The average Bonchev–Trinajstić information content (AvgIpc) is 2.65. The van der Waals surface area contributed by atoms with Gasteiger partial charge in [0, 0.05) is 19.8 Å². The predicted molar refractivity (Wildman–Crippen MR) is 66.4 cm³/mol. The highest BCUT2D eigenvalue weighted by Gasteiger charge is 2.06. The zero-order valence-corrected chi connectivity index (χ0v) is 10.2. The normalized spacial score (nSPS) is 10.1. The number of halogens is 1. The van der Waals surface area contributed by atoms with E-state index in [-0.39, 0.29) is 5.82 Å². The molecule has 2 aromatic rings. The monoisotopic (exact) mass is 244 g/mol. The topological polar surface area (TPSA) is 53.6 Å². The molecule has 0 fully saturated rings. The zero-order valence-electron chi connectivity index (χ0n) is 10.2. The van der Waals surface area contributed by atoms with Gasteiger partial charge in [0.2, 0.25) is 0 Å². The standard InChI is InChI=1S/C13H13FN4/c1-9-13(8-18(2)17-9)16-7-11-5-12(14)4-3-10(11)6-15/h3-5,8,16H,7H2,1-2H3. The Bertz CT molecular complexity index is 610.